The molecule has 0 amide bonds. The average molecular weight is 211 g/mol. The minimum absolute atomic E-state index is 0.313. The lowest BCUT2D eigenvalue weighted by atomic mass is 9.89. The molecule has 3 heteroatoms. The van der Waals surface area contributed by atoms with Gasteiger partial charge >= 0.3 is 0 Å². The van der Waals surface area contributed by atoms with Gasteiger partial charge in [0.15, 0.2) is 0 Å². The van der Waals surface area contributed by atoms with Crippen molar-refractivity contribution < 1.29 is 4.74 Å². The van der Waals surface area contributed by atoms with E-state index in [1.807, 2.05) is 0 Å². The summed E-state index contributed by atoms with van der Waals surface area (Å²) in [6, 6.07) is 2.48. The third-order valence-electron chi connectivity index (χ3n) is 2.92. The zero-order valence-corrected chi connectivity index (χ0v) is 9.13. The van der Waals surface area contributed by atoms with E-state index in [2.05, 4.69) is 16.8 Å². The summed E-state index contributed by atoms with van der Waals surface area (Å²) >= 11 is 1.75. The summed E-state index contributed by atoms with van der Waals surface area (Å²) in [5, 5.41) is 4.31. The Bertz CT molecular complexity index is 254. The van der Waals surface area contributed by atoms with Crippen LogP contribution in [0.3, 0.4) is 0 Å². The van der Waals surface area contributed by atoms with E-state index in [1.165, 1.54) is 5.56 Å². The van der Waals surface area contributed by atoms with Crippen LogP contribution < -0.4 is 5.73 Å². The molecule has 2 N–H and O–H groups in total. The first-order valence-electron chi connectivity index (χ1n) is 5.20. The lowest BCUT2D eigenvalue weighted by molar-refractivity contribution is 0.0585. The SMILES string of the molecule is NC(Cc1ccsc1)C1CCOCC1. The minimum Gasteiger partial charge on any atom is -0.381 e. The quantitative estimate of drug-likeness (QED) is 0.830. The molecule has 1 atom stereocenters. The van der Waals surface area contributed by atoms with Gasteiger partial charge in [0.05, 0.1) is 0 Å². The van der Waals surface area contributed by atoms with Gasteiger partial charge < -0.3 is 10.5 Å². The van der Waals surface area contributed by atoms with Crippen molar-refractivity contribution in [2.45, 2.75) is 25.3 Å². The molecule has 0 saturated carbocycles. The topological polar surface area (TPSA) is 35.2 Å². The molecule has 14 heavy (non-hydrogen) atoms. The summed E-state index contributed by atoms with van der Waals surface area (Å²) in [6.07, 6.45) is 3.28. The van der Waals surface area contributed by atoms with E-state index in [9.17, 15) is 0 Å². The Kier molecular flexibility index (Phi) is 3.56. The maximum atomic E-state index is 6.19. The van der Waals surface area contributed by atoms with Crippen LogP contribution in [0.4, 0.5) is 0 Å². The third-order valence-corrected chi connectivity index (χ3v) is 3.66. The molecule has 1 aromatic heterocycles. The van der Waals surface area contributed by atoms with Crippen LogP contribution in [0.15, 0.2) is 16.8 Å². The molecule has 1 saturated heterocycles. The summed E-state index contributed by atoms with van der Waals surface area (Å²) in [6.45, 7) is 1.78. The number of rotatable bonds is 3. The van der Waals surface area contributed by atoms with Gasteiger partial charge in [-0.3, -0.25) is 0 Å². The molecular formula is C11H17NOS. The molecule has 2 rings (SSSR count). The van der Waals surface area contributed by atoms with Crippen molar-refractivity contribution in [1.82, 2.24) is 0 Å². The highest BCUT2D eigenvalue weighted by Gasteiger charge is 2.20. The second-order valence-electron chi connectivity index (χ2n) is 3.95. The van der Waals surface area contributed by atoms with Crippen LogP contribution in [-0.2, 0) is 11.2 Å². The molecule has 0 aromatic carbocycles. The first-order chi connectivity index (χ1) is 6.86. The van der Waals surface area contributed by atoms with Crippen LogP contribution in [0.2, 0.25) is 0 Å². The molecule has 0 bridgehead atoms. The Balaban J connectivity index is 1.85. The smallest absolute Gasteiger partial charge is 0.0469 e. The van der Waals surface area contributed by atoms with Crippen molar-refractivity contribution in [2.24, 2.45) is 11.7 Å². The van der Waals surface area contributed by atoms with Crippen LogP contribution in [0.25, 0.3) is 0 Å². The molecular weight excluding hydrogens is 194 g/mol. The highest BCUT2D eigenvalue weighted by molar-refractivity contribution is 7.07. The van der Waals surface area contributed by atoms with E-state index in [0.717, 1.165) is 32.5 Å². The Morgan fingerprint density at radius 2 is 2.29 bits per heavy atom. The van der Waals surface area contributed by atoms with Crippen LogP contribution in [0.5, 0.6) is 0 Å². The molecule has 1 aliphatic heterocycles. The molecule has 1 fully saturated rings. The van der Waals surface area contributed by atoms with Gasteiger partial charge in [-0.2, -0.15) is 11.3 Å². The van der Waals surface area contributed by atoms with Gasteiger partial charge in [0.25, 0.3) is 0 Å². The summed E-state index contributed by atoms with van der Waals surface area (Å²) in [5.41, 5.74) is 7.57. The highest BCUT2D eigenvalue weighted by atomic mass is 32.1. The van der Waals surface area contributed by atoms with Crippen LogP contribution in [0, 0.1) is 5.92 Å². The van der Waals surface area contributed by atoms with Gasteiger partial charge in [0.1, 0.15) is 0 Å². The second-order valence-corrected chi connectivity index (χ2v) is 4.73. The zero-order valence-electron chi connectivity index (χ0n) is 8.32. The van der Waals surface area contributed by atoms with Crippen LogP contribution in [-0.4, -0.2) is 19.3 Å². The van der Waals surface area contributed by atoms with Gasteiger partial charge in [-0.15, -0.1) is 0 Å². The van der Waals surface area contributed by atoms with E-state index in [0.29, 0.717) is 12.0 Å². The maximum absolute atomic E-state index is 6.19. The largest absolute Gasteiger partial charge is 0.381 e. The maximum Gasteiger partial charge on any atom is 0.0469 e. The summed E-state index contributed by atoms with van der Waals surface area (Å²) < 4.78 is 5.33. The molecule has 0 radical (unpaired) electrons. The molecule has 2 nitrogen and oxygen atoms in total. The predicted molar refractivity (Wildman–Crippen MR) is 59.5 cm³/mol. The van der Waals surface area contributed by atoms with Gasteiger partial charge in [-0.05, 0) is 47.6 Å². The lowest BCUT2D eigenvalue weighted by Crippen LogP contribution is -2.35. The van der Waals surface area contributed by atoms with Gasteiger partial charge in [-0.25, -0.2) is 0 Å². The van der Waals surface area contributed by atoms with Gasteiger partial charge in [-0.1, -0.05) is 0 Å². The molecule has 1 aliphatic rings. The number of nitrogens with two attached hydrogens (primary N) is 1. The standard InChI is InChI=1S/C11H17NOS/c12-11(7-9-3-6-14-8-9)10-1-4-13-5-2-10/h3,6,8,10-11H,1-2,4-5,7,12H2. The van der Waals surface area contributed by atoms with Crippen molar-refractivity contribution in [3.8, 4) is 0 Å². The van der Waals surface area contributed by atoms with E-state index in [4.69, 9.17) is 10.5 Å². The highest BCUT2D eigenvalue weighted by Crippen LogP contribution is 2.20. The fourth-order valence-corrected chi connectivity index (χ4v) is 2.67. The van der Waals surface area contributed by atoms with Crippen molar-refractivity contribution in [3.05, 3.63) is 22.4 Å². The summed E-state index contributed by atoms with van der Waals surface area (Å²) in [5.74, 6) is 0.656. The van der Waals surface area contributed by atoms with E-state index in [1.54, 1.807) is 11.3 Å². The van der Waals surface area contributed by atoms with Crippen molar-refractivity contribution >= 4 is 11.3 Å². The number of ether oxygens (including phenoxy) is 1. The minimum atomic E-state index is 0.313. The van der Waals surface area contributed by atoms with Crippen molar-refractivity contribution in [2.75, 3.05) is 13.2 Å². The monoisotopic (exact) mass is 211 g/mol. The average Bonchev–Trinajstić information content (AvgIpc) is 2.72. The van der Waals surface area contributed by atoms with E-state index in [-0.39, 0.29) is 0 Å². The normalized spacial score (nSPS) is 20.9. The first-order valence-corrected chi connectivity index (χ1v) is 6.15. The second kappa shape index (κ2) is 4.91. The van der Waals surface area contributed by atoms with Gasteiger partial charge in [0.2, 0.25) is 0 Å². The fraction of sp³-hybridized carbons (Fsp3) is 0.636. The van der Waals surface area contributed by atoms with E-state index < -0.39 is 0 Å². The van der Waals surface area contributed by atoms with Crippen LogP contribution >= 0.6 is 11.3 Å². The predicted octanol–water partition coefficient (Wildman–Crippen LogP) is 2.04. The van der Waals surface area contributed by atoms with Crippen molar-refractivity contribution in [1.29, 1.82) is 0 Å². The van der Waals surface area contributed by atoms with Gasteiger partial charge in [0, 0.05) is 19.3 Å². The molecule has 78 valence electrons. The third kappa shape index (κ3) is 2.56. The fourth-order valence-electron chi connectivity index (χ4n) is 1.99. The Labute approximate surface area is 89.1 Å². The Morgan fingerprint density at radius 3 is 2.93 bits per heavy atom. The number of hydrogen-bond acceptors (Lipinski definition) is 3. The number of thiophene rings is 1. The van der Waals surface area contributed by atoms with Crippen molar-refractivity contribution in [3.63, 3.8) is 0 Å². The molecule has 2 heterocycles. The van der Waals surface area contributed by atoms with Crippen LogP contribution in [0.1, 0.15) is 18.4 Å². The molecule has 0 spiro atoms. The summed E-state index contributed by atoms with van der Waals surface area (Å²) in [4.78, 5) is 0. The molecule has 1 aromatic rings. The zero-order chi connectivity index (χ0) is 9.80. The lowest BCUT2D eigenvalue weighted by Gasteiger charge is -2.27. The Morgan fingerprint density at radius 1 is 1.50 bits per heavy atom. The number of hydrogen-bond donors (Lipinski definition) is 1. The summed E-state index contributed by atoms with van der Waals surface area (Å²) in [7, 11) is 0. The first kappa shape index (κ1) is 10.1. The van der Waals surface area contributed by atoms with E-state index >= 15 is 0 Å². The Hall–Kier alpha value is -0.380. The molecule has 0 aliphatic carbocycles. The molecule has 1 unspecified atom stereocenters.